The smallest absolute Gasteiger partial charge is 0.303 e. The molecular formula is C23H27FO5. The third kappa shape index (κ3) is 2.64. The van der Waals surface area contributed by atoms with Gasteiger partial charge in [0.15, 0.2) is 23.8 Å². The van der Waals surface area contributed by atoms with Crippen molar-refractivity contribution < 1.29 is 28.6 Å². The molecule has 0 spiro atoms. The van der Waals surface area contributed by atoms with Crippen molar-refractivity contribution in [2.45, 2.75) is 58.2 Å². The zero-order valence-electron chi connectivity index (χ0n) is 17.0. The van der Waals surface area contributed by atoms with Crippen molar-refractivity contribution in [2.24, 2.45) is 22.7 Å². The summed E-state index contributed by atoms with van der Waals surface area (Å²) in [5.41, 5.74) is -2.33. The fraction of sp³-hybridized carbons (Fsp3) is 0.609. The molecule has 0 saturated heterocycles. The summed E-state index contributed by atoms with van der Waals surface area (Å²) < 4.78 is 21.7. The van der Waals surface area contributed by atoms with Crippen LogP contribution in [0.4, 0.5) is 4.39 Å². The van der Waals surface area contributed by atoms with Gasteiger partial charge in [0.25, 0.3) is 0 Å². The summed E-state index contributed by atoms with van der Waals surface area (Å²) in [5.74, 6) is -1.52. The third-order valence-electron chi connectivity index (χ3n) is 7.93. The maximum absolute atomic E-state index is 16.8. The number of allylic oxidation sites excluding steroid dienone is 5. The van der Waals surface area contributed by atoms with E-state index >= 15 is 4.39 Å². The van der Waals surface area contributed by atoms with E-state index in [1.807, 2.05) is 13.0 Å². The molecule has 2 fully saturated rings. The summed E-state index contributed by atoms with van der Waals surface area (Å²) in [5, 5.41) is 11.1. The maximum atomic E-state index is 16.8. The molecule has 4 aliphatic rings. The lowest BCUT2D eigenvalue weighted by Gasteiger charge is -2.61. The summed E-state index contributed by atoms with van der Waals surface area (Å²) >= 11 is 0. The zero-order chi connectivity index (χ0) is 21.2. The highest BCUT2D eigenvalue weighted by atomic mass is 19.1. The van der Waals surface area contributed by atoms with Crippen LogP contribution in [-0.2, 0) is 19.1 Å². The summed E-state index contributed by atoms with van der Waals surface area (Å²) in [6.07, 6.45) is 6.89. The van der Waals surface area contributed by atoms with Gasteiger partial charge in [0.2, 0.25) is 0 Å². The molecule has 0 heterocycles. The van der Waals surface area contributed by atoms with Crippen LogP contribution in [0, 0.1) is 22.7 Å². The van der Waals surface area contributed by atoms with E-state index in [1.54, 1.807) is 13.0 Å². The SMILES string of the molecule is CC(=O)OCC(=O)C1=CC[C@H]2[C@H]3CCC4=CC(=O)C=C[C@]4(C)[C@@]3(F)[C@@H](O)C[C@]12C. The molecule has 2 saturated carbocycles. The number of ketones is 2. The van der Waals surface area contributed by atoms with Crippen molar-refractivity contribution in [3.8, 4) is 0 Å². The second-order valence-electron chi connectivity index (χ2n) is 9.32. The molecule has 0 amide bonds. The summed E-state index contributed by atoms with van der Waals surface area (Å²) in [6.45, 7) is 4.60. The highest BCUT2D eigenvalue weighted by molar-refractivity contribution is 6.01. The Kier molecular flexibility index (Phi) is 4.50. The van der Waals surface area contributed by atoms with Crippen LogP contribution in [0.25, 0.3) is 0 Å². The minimum absolute atomic E-state index is 0.118. The molecule has 0 bridgehead atoms. The fourth-order valence-electron chi connectivity index (χ4n) is 6.46. The van der Waals surface area contributed by atoms with Gasteiger partial charge in [0, 0.05) is 29.2 Å². The summed E-state index contributed by atoms with van der Waals surface area (Å²) in [4.78, 5) is 35.6. The number of carbonyl (C=O) groups is 3. The first-order valence-electron chi connectivity index (χ1n) is 10.2. The number of fused-ring (bicyclic) bond motifs is 5. The first kappa shape index (κ1) is 20.2. The molecule has 0 aromatic heterocycles. The molecular weight excluding hydrogens is 375 g/mol. The van der Waals surface area contributed by atoms with Crippen molar-refractivity contribution in [3.05, 3.63) is 35.5 Å². The molecule has 29 heavy (non-hydrogen) atoms. The Morgan fingerprint density at radius 3 is 2.72 bits per heavy atom. The topological polar surface area (TPSA) is 80.7 Å². The maximum Gasteiger partial charge on any atom is 0.303 e. The highest BCUT2D eigenvalue weighted by Crippen LogP contribution is 2.67. The van der Waals surface area contributed by atoms with E-state index in [-0.39, 0.29) is 30.5 Å². The number of hydrogen-bond donors (Lipinski definition) is 1. The van der Waals surface area contributed by atoms with Gasteiger partial charge in [-0.25, -0.2) is 4.39 Å². The van der Waals surface area contributed by atoms with E-state index in [2.05, 4.69) is 0 Å². The molecule has 0 aromatic rings. The van der Waals surface area contributed by atoms with Crippen molar-refractivity contribution in [2.75, 3.05) is 6.61 Å². The number of Topliss-reactive ketones (excluding diaryl/α,β-unsaturated/α-hetero) is 1. The van der Waals surface area contributed by atoms with Gasteiger partial charge in [-0.3, -0.25) is 14.4 Å². The normalized spacial score (nSPS) is 42.9. The first-order valence-corrected chi connectivity index (χ1v) is 10.2. The van der Waals surface area contributed by atoms with Crippen molar-refractivity contribution in [1.29, 1.82) is 0 Å². The molecule has 156 valence electrons. The number of aliphatic hydroxyl groups is 1. The predicted molar refractivity (Wildman–Crippen MR) is 103 cm³/mol. The monoisotopic (exact) mass is 402 g/mol. The minimum Gasteiger partial charge on any atom is -0.457 e. The molecule has 5 nitrogen and oxygen atoms in total. The van der Waals surface area contributed by atoms with Gasteiger partial charge in [-0.1, -0.05) is 24.6 Å². The molecule has 1 N–H and O–H groups in total. The number of carbonyl (C=O) groups excluding carboxylic acids is 3. The van der Waals surface area contributed by atoms with Crippen molar-refractivity contribution in [1.82, 2.24) is 0 Å². The Labute approximate surface area is 169 Å². The van der Waals surface area contributed by atoms with Gasteiger partial charge in [-0.15, -0.1) is 0 Å². The molecule has 0 unspecified atom stereocenters. The Hall–Kier alpha value is -2.08. The fourth-order valence-corrected chi connectivity index (χ4v) is 6.46. The quantitative estimate of drug-likeness (QED) is 0.734. The molecule has 0 radical (unpaired) electrons. The lowest BCUT2D eigenvalue weighted by atomic mass is 9.45. The van der Waals surface area contributed by atoms with Gasteiger partial charge in [0.05, 0.1) is 6.10 Å². The lowest BCUT2D eigenvalue weighted by Crippen LogP contribution is -2.66. The van der Waals surface area contributed by atoms with E-state index in [1.165, 1.54) is 19.1 Å². The van der Waals surface area contributed by atoms with Gasteiger partial charge in [-0.2, -0.15) is 0 Å². The van der Waals surface area contributed by atoms with Gasteiger partial charge >= 0.3 is 5.97 Å². The largest absolute Gasteiger partial charge is 0.457 e. The van der Waals surface area contributed by atoms with Crippen molar-refractivity contribution >= 4 is 17.5 Å². The number of esters is 1. The van der Waals surface area contributed by atoms with Crippen LogP contribution in [0.3, 0.4) is 0 Å². The Morgan fingerprint density at radius 1 is 1.31 bits per heavy atom. The molecule has 0 aliphatic heterocycles. The number of hydrogen-bond acceptors (Lipinski definition) is 5. The second-order valence-corrected chi connectivity index (χ2v) is 9.32. The van der Waals surface area contributed by atoms with Crippen LogP contribution < -0.4 is 0 Å². The summed E-state index contributed by atoms with van der Waals surface area (Å²) in [7, 11) is 0. The first-order chi connectivity index (χ1) is 13.5. The number of alkyl halides is 1. The average molecular weight is 402 g/mol. The van der Waals surface area contributed by atoms with Crippen LogP contribution in [0.15, 0.2) is 35.5 Å². The number of rotatable bonds is 3. The van der Waals surface area contributed by atoms with Crippen molar-refractivity contribution in [3.63, 3.8) is 0 Å². The highest BCUT2D eigenvalue weighted by Gasteiger charge is 2.69. The summed E-state index contributed by atoms with van der Waals surface area (Å²) in [6, 6.07) is 0. The van der Waals surface area contributed by atoms with E-state index in [9.17, 15) is 19.5 Å². The van der Waals surface area contributed by atoms with Gasteiger partial charge < -0.3 is 9.84 Å². The Bertz CT molecular complexity index is 886. The number of halogens is 1. The van der Waals surface area contributed by atoms with Crippen LogP contribution in [0.2, 0.25) is 0 Å². The van der Waals surface area contributed by atoms with Crippen LogP contribution in [0.1, 0.15) is 46.5 Å². The van der Waals surface area contributed by atoms with Crippen LogP contribution in [0.5, 0.6) is 0 Å². The number of aliphatic hydroxyl groups excluding tert-OH is 1. The predicted octanol–water partition coefficient (Wildman–Crippen LogP) is 3.03. The third-order valence-corrected chi connectivity index (χ3v) is 7.93. The van der Waals surface area contributed by atoms with Crippen LogP contribution in [-0.4, -0.2) is 41.0 Å². The minimum atomic E-state index is -1.90. The molecule has 6 heteroatoms. The van der Waals surface area contributed by atoms with Gasteiger partial charge in [-0.05, 0) is 50.7 Å². The lowest BCUT2D eigenvalue weighted by molar-refractivity contribution is -0.185. The molecule has 6 atom stereocenters. The zero-order valence-corrected chi connectivity index (χ0v) is 17.0. The van der Waals surface area contributed by atoms with E-state index < -0.39 is 34.5 Å². The van der Waals surface area contributed by atoms with E-state index in [0.717, 1.165) is 5.57 Å². The van der Waals surface area contributed by atoms with Gasteiger partial charge in [0.1, 0.15) is 0 Å². The van der Waals surface area contributed by atoms with E-state index in [4.69, 9.17) is 4.74 Å². The van der Waals surface area contributed by atoms with Crippen LogP contribution >= 0.6 is 0 Å². The molecule has 0 aromatic carbocycles. The van der Waals surface area contributed by atoms with E-state index in [0.29, 0.717) is 24.8 Å². The standard InChI is InChI=1S/C23H27FO5/c1-13(25)29-12-19(27)18-7-6-16-17-5-4-14-10-15(26)8-9-22(14,3)23(17,24)20(28)11-21(16,18)2/h7-10,16-17,20,28H,4-6,11-12H2,1-3H3/t16-,17+,20-,21-,22-,23-/m0/s1. The average Bonchev–Trinajstić information content (AvgIpc) is 2.98. The molecule has 4 rings (SSSR count). The molecule has 4 aliphatic carbocycles. The Morgan fingerprint density at radius 2 is 2.03 bits per heavy atom. The Balaban J connectivity index is 1.68. The number of ether oxygens (including phenoxy) is 1. The second kappa shape index (κ2) is 6.46.